The molecule has 0 spiro atoms. The summed E-state index contributed by atoms with van der Waals surface area (Å²) in [6.07, 6.45) is 4.42. The first kappa shape index (κ1) is 18.1. The normalized spacial score (nSPS) is 16.9. The second-order valence-corrected chi connectivity index (χ2v) is 10.1. The zero-order valence-corrected chi connectivity index (χ0v) is 17.8. The van der Waals surface area contributed by atoms with E-state index in [1.54, 1.807) is 11.8 Å². The first-order valence-electron chi connectivity index (χ1n) is 9.91. The van der Waals surface area contributed by atoms with E-state index in [1.165, 1.54) is 33.4 Å². The van der Waals surface area contributed by atoms with E-state index in [2.05, 4.69) is 29.2 Å². The van der Waals surface area contributed by atoms with Gasteiger partial charge in [0.05, 0.1) is 5.25 Å². The van der Waals surface area contributed by atoms with E-state index in [0.29, 0.717) is 6.54 Å². The van der Waals surface area contributed by atoms with Gasteiger partial charge in [-0.1, -0.05) is 36.0 Å². The van der Waals surface area contributed by atoms with Crippen molar-refractivity contribution < 1.29 is 4.79 Å². The molecule has 144 valence electrons. The molecule has 5 rings (SSSR count). The van der Waals surface area contributed by atoms with E-state index in [4.69, 9.17) is 4.98 Å². The summed E-state index contributed by atoms with van der Waals surface area (Å²) >= 11 is 3.42. The lowest BCUT2D eigenvalue weighted by atomic mass is 10.00. The van der Waals surface area contributed by atoms with Gasteiger partial charge in [0.1, 0.15) is 15.7 Å². The third-order valence-corrected chi connectivity index (χ3v) is 7.98. The van der Waals surface area contributed by atoms with Gasteiger partial charge in [-0.3, -0.25) is 4.79 Å². The molecule has 2 aromatic heterocycles. The van der Waals surface area contributed by atoms with E-state index in [9.17, 15) is 4.79 Å². The minimum absolute atomic E-state index is 0.153. The smallest absolute Gasteiger partial charge is 0.236 e. The number of carbonyl (C=O) groups is 1. The van der Waals surface area contributed by atoms with Crippen molar-refractivity contribution in [1.82, 2.24) is 14.9 Å². The molecule has 1 amide bonds. The zero-order valence-electron chi connectivity index (χ0n) is 16.2. The van der Waals surface area contributed by atoms with Gasteiger partial charge in [-0.05, 0) is 56.2 Å². The SMILES string of the molecule is Cc1nc(SC(C)C(=O)N2CCc3ccccc3C2)c2c3c(sc2n1)CCC3. The number of aromatic nitrogens is 2. The Balaban J connectivity index is 1.40. The van der Waals surface area contributed by atoms with E-state index in [0.717, 1.165) is 41.5 Å². The lowest BCUT2D eigenvalue weighted by Gasteiger charge is -2.30. The molecule has 0 N–H and O–H groups in total. The number of amides is 1. The number of rotatable bonds is 3. The minimum Gasteiger partial charge on any atom is -0.337 e. The highest BCUT2D eigenvalue weighted by Crippen LogP contribution is 2.41. The van der Waals surface area contributed by atoms with Gasteiger partial charge in [0.15, 0.2) is 0 Å². The number of fused-ring (bicyclic) bond motifs is 4. The highest BCUT2D eigenvalue weighted by molar-refractivity contribution is 8.00. The van der Waals surface area contributed by atoms with Crippen LogP contribution in [0, 0.1) is 6.92 Å². The van der Waals surface area contributed by atoms with Crippen LogP contribution in [0.5, 0.6) is 0 Å². The Bertz CT molecular complexity index is 1080. The molecule has 1 unspecified atom stereocenters. The van der Waals surface area contributed by atoms with Crippen LogP contribution in [0.15, 0.2) is 29.3 Å². The van der Waals surface area contributed by atoms with Crippen molar-refractivity contribution in [2.75, 3.05) is 6.54 Å². The predicted octanol–water partition coefficient (Wildman–Crippen LogP) is 4.55. The summed E-state index contributed by atoms with van der Waals surface area (Å²) in [6, 6.07) is 8.45. The average Bonchev–Trinajstić information content (AvgIpc) is 3.27. The van der Waals surface area contributed by atoms with Crippen LogP contribution in [-0.2, 0) is 30.6 Å². The topological polar surface area (TPSA) is 46.1 Å². The minimum atomic E-state index is -0.153. The standard InChI is InChI=1S/C22H23N3OS2/c1-13(22(26)25-11-10-15-6-3-4-7-16(15)12-25)27-20-19-17-8-5-9-18(17)28-21(19)24-14(2)23-20/h3-4,6-7,13H,5,8-12H2,1-2H3. The lowest BCUT2D eigenvalue weighted by Crippen LogP contribution is -2.40. The van der Waals surface area contributed by atoms with Crippen molar-refractivity contribution in [3.05, 3.63) is 51.7 Å². The molecule has 0 saturated heterocycles. The molecule has 0 saturated carbocycles. The molecule has 0 bridgehead atoms. The summed E-state index contributed by atoms with van der Waals surface area (Å²) < 4.78 is 0. The molecule has 2 aliphatic rings. The molecular formula is C22H23N3OS2. The molecular weight excluding hydrogens is 386 g/mol. The monoisotopic (exact) mass is 409 g/mol. The second-order valence-electron chi connectivity index (χ2n) is 7.65. The molecule has 1 atom stereocenters. The molecule has 3 heterocycles. The third kappa shape index (κ3) is 3.12. The highest BCUT2D eigenvalue weighted by Gasteiger charge is 2.28. The molecule has 4 nitrogen and oxygen atoms in total. The summed E-state index contributed by atoms with van der Waals surface area (Å²) in [5.41, 5.74) is 4.07. The largest absolute Gasteiger partial charge is 0.337 e. The number of aryl methyl sites for hydroxylation is 3. The maximum absolute atomic E-state index is 13.2. The Morgan fingerprint density at radius 3 is 2.86 bits per heavy atom. The fourth-order valence-electron chi connectivity index (χ4n) is 4.31. The van der Waals surface area contributed by atoms with E-state index in [-0.39, 0.29) is 11.2 Å². The van der Waals surface area contributed by atoms with Crippen LogP contribution in [0.1, 0.15) is 40.7 Å². The van der Waals surface area contributed by atoms with Crippen LogP contribution in [0.25, 0.3) is 10.2 Å². The number of hydrogen-bond acceptors (Lipinski definition) is 5. The maximum atomic E-state index is 13.2. The quantitative estimate of drug-likeness (QED) is 0.470. The van der Waals surface area contributed by atoms with Gasteiger partial charge in [0.25, 0.3) is 0 Å². The van der Waals surface area contributed by atoms with Crippen LogP contribution in [-0.4, -0.2) is 32.6 Å². The Kier molecular flexibility index (Phi) is 4.63. The van der Waals surface area contributed by atoms with E-state index in [1.807, 2.05) is 30.1 Å². The lowest BCUT2D eigenvalue weighted by molar-refractivity contribution is -0.131. The average molecular weight is 410 g/mol. The van der Waals surface area contributed by atoms with Gasteiger partial charge in [-0.25, -0.2) is 9.97 Å². The fourth-order valence-corrected chi connectivity index (χ4v) is 6.79. The van der Waals surface area contributed by atoms with Gasteiger partial charge in [0.2, 0.25) is 5.91 Å². The Hall–Kier alpha value is -1.92. The van der Waals surface area contributed by atoms with Gasteiger partial charge in [0, 0.05) is 23.4 Å². The Morgan fingerprint density at radius 1 is 1.18 bits per heavy atom. The van der Waals surface area contributed by atoms with Crippen LogP contribution >= 0.6 is 23.1 Å². The van der Waals surface area contributed by atoms with Gasteiger partial charge in [-0.15, -0.1) is 11.3 Å². The summed E-state index contributed by atoms with van der Waals surface area (Å²) in [7, 11) is 0. The number of carbonyl (C=O) groups excluding carboxylic acids is 1. The van der Waals surface area contributed by atoms with Crippen LogP contribution in [0.2, 0.25) is 0 Å². The van der Waals surface area contributed by atoms with Gasteiger partial charge < -0.3 is 4.90 Å². The highest BCUT2D eigenvalue weighted by atomic mass is 32.2. The molecule has 6 heteroatoms. The number of nitrogens with zero attached hydrogens (tertiary/aromatic N) is 3. The van der Waals surface area contributed by atoms with Crippen molar-refractivity contribution in [1.29, 1.82) is 0 Å². The Morgan fingerprint density at radius 2 is 2.00 bits per heavy atom. The van der Waals surface area contributed by atoms with Crippen LogP contribution in [0.4, 0.5) is 0 Å². The van der Waals surface area contributed by atoms with E-state index < -0.39 is 0 Å². The van der Waals surface area contributed by atoms with Crippen molar-refractivity contribution in [2.24, 2.45) is 0 Å². The molecule has 1 aliphatic carbocycles. The molecule has 1 aliphatic heterocycles. The number of benzene rings is 1. The Labute approximate surface area is 173 Å². The molecule has 0 radical (unpaired) electrons. The first-order chi connectivity index (χ1) is 13.6. The third-order valence-electron chi connectivity index (χ3n) is 5.72. The van der Waals surface area contributed by atoms with Gasteiger partial charge in [-0.2, -0.15) is 0 Å². The van der Waals surface area contributed by atoms with Crippen LogP contribution < -0.4 is 0 Å². The van der Waals surface area contributed by atoms with Crippen LogP contribution in [0.3, 0.4) is 0 Å². The molecule has 0 fully saturated rings. The summed E-state index contributed by atoms with van der Waals surface area (Å²) in [4.78, 5) is 27.1. The van der Waals surface area contributed by atoms with Gasteiger partial charge >= 0.3 is 0 Å². The van der Waals surface area contributed by atoms with Crippen molar-refractivity contribution >= 4 is 39.2 Å². The summed E-state index contributed by atoms with van der Waals surface area (Å²) in [6.45, 7) is 5.48. The number of hydrogen-bond donors (Lipinski definition) is 0. The summed E-state index contributed by atoms with van der Waals surface area (Å²) in [5, 5.41) is 2.04. The van der Waals surface area contributed by atoms with Crippen molar-refractivity contribution in [3.8, 4) is 0 Å². The number of thioether (sulfide) groups is 1. The first-order valence-corrected chi connectivity index (χ1v) is 11.6. The fraction of sp³-hybridized carbons (Fsp3) is 0.409. The number of thiophene rings is 1. The molecule has 1 aromatic carbocycles. The molecule has 28 heavy (non-hydrogen) atoms. The van der Waals surface area contributed by atoms with E-state index >= 15 is 0 Å². The summed E-state index contributed by atoms with van der Waals surface area (Å²) in [5.74, 6) is 0.997. The predicted molar refractivity (Wildman–Crippen MR) is 115 cm³/mol. The second kappa shape index (κ2) is 7.16. The maximum Gasteiger partial charge on any atom is 0.236 e. The molecule has 3 aromatic rings. The van der Waals surface area contributed by atoms with Crippen molar-refractivity contribution in [3.63, 3.8) is 0 Å². The zero-order chi connectivity index (χ0) is 19.3. The van der Waals surface area contributed by atoms with Crippen molar-refractivity contribution in [2.45, 2.75) is 56.4 Å².